The zero-order valence-corrected chi connectivity index (χ0v) is 28.8. The monoisotopic (exact) mass is 643 g/mol. The molecule has 0 unspecified atom stereocenters. The first-order valence-electron chi connectivity index (χ1n) is 17.6. The Bertz CT molecular complexity index is 2820. The highest BCUT2D eigenvalue weighted by molar-refractivity contribution is 6.26. The van der Waals surface area contributed by atoms with Crippen LogP contribution in [-0.2, 0) is 10.8 Å². The molecular formula is C48H37NO. The Hall–Kier alpha value is -5.86. The van der Waals surface area contributed by atoms with Gasteiger partial charge in [0.05, 0.1) is 0 Å². The van der Waals surface area contributed by atoms with E-state index in [4.69, 9.17) is 4.42 Å². The molecule has 9 aromatic rings. The van der Waals surface area contributed by atoms with Crippen LogP contribution in [-0.4, -0.2) is 0 Å². The van der Waals surface area contributed by atoms with Gasteiger partial charge < -0.3 is 9.32 Å². The average molecular weight is 644 g/mol. The smallest absolute Gasteiger partial charge is 0.137 e. The molecule has 0 atom stereocenters. The largest absolute Gasteiger partial charge is 0.456 e. The molecule has 2 nitrogen and oxygen atoms in total. The molecule has 0 saturated carbocycles. The van der Waals surface area contributed by atoms with Crippen molar-refractivity contribution in [3.63, 3.8) is 0 Å². The fourth-order valence-corrected chi connectivity index (χ4v) is 8.68. The number of hydrogen-bond acceptors (Lipinski definition) is 2. The molecule has 0 N–H and O–H groups in total. The van der Waals surface area contributed by atoms with Gasteiger partial charge in [-0.05, 0) is 120 Å². The first-order chi connectivity index (χ1) is 24.3. The van der Waals surface area contributed by atoms with Crippen molar-refractivity contribution >= 4 is 71.3 Å². The summed E-state index contributed by atoms with van der Waals surface area (Å²) in [6.07, 6.45) is 0. The highest BCUT2D eigenvalue weighted by Gasteiger charge is 2.46. The van der Waals surface area contributed by atoms with Crippen LogP contribution in [0.2, 0.25) is 0 Å². The van der Waals surface area contributed by atoms with Crippen LogP contribution in [0.5, 0.6) is 0 Å². The van der Waals surface area contributed by atoms with E-state index in [0.717, 1.165) is 39.0 Å². The van der Waals surface area contributed by atoms with E-state index >= 15 is 0 Å². The summed E-state index contributed by atoms with van der Waals surface area (Å²) < 4.78 is 6.38. The highest BCUT2D eigenvalue weighted by Crippen LogP contribution is 2.56. The molecule has 10 rings (SSSR count). The van der Waals surface area contributed by atoms with Gasteiger partial charge in [0.15, 0.2) is 0 Å². The second-order valence-electron chi connectivity index (χ2n) is 15.0. The van der Waals surface area contributed by atoms with Crippen LogP contribution < -0.4 is 4.90 Å². The van der Waals surface area contributed by atoms with Gasteiger partial charge >= 0.3 is 0 Å². The van der Waals surface area contributed by atoms with Gasteiger partial charge in [-0.3, -0.25) is 0 Å². The van der Waals surface area contributed by atoms with E-state index in [1.807, 2.05) is 12.1 Å². The number of furan rings is 1. The van der Waals surface area contributed by atoms with Gasteiger partial charge in [-0.1, -0.05) is 119 Å². The van der Waals surface area contributed by atoms with Crippen LogP contribution >= 0.6 is 0 Å². The topological polar surface area (TPSA) is 16.4 Å². The third kappa shape index (κ3) is 3.96. The van der Waals surface area contributed by atoms with Gasteiger partial charge in [0, 0.05) is 33.9 Å². The first kappa shape index (κ1) is 29.1. The summed E-state index contributed by atoms with van der Waals surface area (Å²) >= 11 is 0. The molecule has 1 aromatic heterocycles. The van der Waals surface area contributed by atoms with E-state index in [0.29, 0.717) is 0 Å². The fourth-order valence-electron chi connectivity index (χ4n) is 8.68. The number of nitrogens with zero attached hydrogens (tertiary/aromatic N) is 1. The van der Waals surface area contributed by atoms with Crippen molar-refractivity contribution in [2.24, 2.45) is 0 Å². The molecule has 240 valence electrons. The fraction of sp³-hybridized carbons (Fsp3) is 0.125. The van der Waals surface area contributed by atoms with E-state index in [-0.39, 0.29) is 10.8 Å². The zero-order chi connectivity index (χ0) is 33.8. The zero-order valence-electron chi connectivity index (χ0n) is 28.8. The van der Waals surface area contributed by atoms with E-state index in [1.54, 1.807) is 0 Å². The number of fused-ring (bicyclic) bond motifs is 12. The molecule has 8 aromatic carbocycles. The third-order valence-corrected chi connectivity index (χ3v) is 12.0. The Balaban J connectivity index is 1.25. The molecule has 0 radical (unpaired) electrons. The lowest BCUT2D eigenvalue weighted by Gasteiger charge is -2.48. The Morgan fingerprint density at radius 2 is 0.860 bits per heavy atom. The molecule has 0 bridgehead atoms. The van der Waals surface area contributed by atoms with Gasteiger partial charge in [-0.25, -0.2) is 0 Å². The average Bonchev–Trinajstić information content (AvgIpc) is 3.52. The van der Waals surface area contributed by atoms with Gasteiger partial charge in [0.1, 0.15) is 11.2 Å². The van der Waals surface area contributed by atoms with Crippen molar-refractivity contribution < 1.29 is 4.42 Å². The highest BCUT2D eigenvalue weighted by atomic mass is 16.3. The minimum atomic E-state index is -0.112. The van der Waals surface area contributed by atoms with Gasteiger partial charge in [0.2, 0.25) is 0 Å². The molecule has 0 spiro atoms. The van der Waals surface area contributed by atoms with Gasteiger partial charge in [-0.15, -0.1) is 0 Å². The van der Waals surface area contributed by atoms with Crippen molar-refractivity contribution in [3.8, 4) is 11.1 Å². The predicted octanol–water partition coefficient (Wildman–Crippen LogP) is 13.8. The van der Waals surface area contributed by atoms with Crippen LogP contribution in [0.4, 0.5) is 17.1 Å². The summed E-state index contributed by atoms with van der Waals surface area (Å²) in [5.41, 5.74) is 10.3. The van der Waals surface area contributed by atoms with Gasteiger partial charge in [0.25, 0.3) is 0 Å². The second kappa shape index (κ2) is 10.3. The third-order valence-electron chi connectivity index (χ3n) is 12.0. The Morgan fingerprint density at radius 3 is 1.56 bits per heavy atom. The molecular weight excluding hydrogens is 607 g/mol. The maximum Gasteiger partial charge on any atom is 0.137 e. The number of anilines is 3. The van der Waals surface area contributed by atoms with E-state index in [2.05, 4.69) is 172 Å². The lowest BCUT2D eigenvalue weighted by molar-refractivity contribution is 0.299. The predicted molar refractivity (Wildman–Crippen MR) is 212 cm³/mol. The normalized spacial score (nSPS) is 14.7. The molecule has 0 aliphatic heterocycles. The summed E-state index contributed by atoms with van der Waals surface area (Å²) in [6, 6.07) is 55.5. The van der Waals surface area contributed by atoms with Crippen molar-refractivity contribution in [1.82, 2.24) is 0 Å². The molecule has 2 heteroatoms. The van der Waals surface area contributed by atoms with Crippen molar-refractivity contribution in [2.75, 3.05) is 4.90 Å². The Morgan fingerprint density at radius 1 is 0.360 bits per heavy atom. The summed E-state index contributed by atoms with van der Waals surface area (Å²) in [7, 11) is 0. The number of para-hydroxylation sites is 2. The lowest BCUT2D eigenvalue weighted by atomic mass is 9.55. The van der Waals surface area contributed by atoms with Crippen molar-refractivity contribution in [2.45, 2.75) is 38.5 Å². The molecule has 1 aliphatic carbocycles. The quantitative estimate of drug-likeness (QED) is 0.178. The van der Waals surface area contributed by atoms with Crippen molar-refractivity contribution in [3.05, 3.63) is 163 Å². The van der Waals surface area contributed by atoms with Crippen LogP contribution in [0.1, 0.15) is 38.8 Å². The summed E-state index contributed by atoms with van der Waals surface area (Å²) in [4.78, 5) is 2.36. The van der Waals surface area contributed by atoms with Gasteiger partial charge in [-0.2, -0.15) is 0 Å². The number of benzene rings is 8. The van der Waals surface area contributed by atoms with E-state index < -0.39 is 0 Å². The second-order valence-corrected chi connectivity index (χ2v) is 15.0. The van der Waals surface area contributed by atoms with Crippen LogP contribution in [0, 0.1) is 0 Å². The Kier molecular flexibility index (Phi) is 6.01. The standard InChI is InChI=1S/C48H37NO/c1-47(2)43-25-23-31(49(30-14-6-5-7-15-30)32-22-24-38-37-20-12-13-21-45(37)50-46(38)27-32)26-41(43)42-28-39-35-18-10-8-16-33(35)34-17-9-11-19-36(34)40(39)29-44(42)48(47,3)4/h5-29H,1-4H3. The van der Waals surface area contributed by atoms with Crippen molar-refractivity contribution in [1.29, 1.82) is 0 Å². The molecule has 50 heavy (non-hydrogen) atoms. The van der Waals surface area contributed by atoms with Crippen LogP contribution in [0.15, 0.2) is 156 Å². The molecule has 0 amide bonds. The molecule has 1 heterocycles. The number of hydrogen-bond donors (Lipinski definition) is 0. The minimum absolute atomic E-state index is 0.108. The molecule has 0 saturated heterocycles. The molecule has 0 fully saturated rings. The maximum atomic E-state index is 6.38. The van der Waals surface area contributed by atoms with E-state index in [9.17, 15) is 0 Å². The van der Waals surface area contributed by atoms with Crippen LogP contribution in [0.25, 0.3) is 65.4 Å². The van der Waals surface area contributed by atoms with E-state index in [1.165, 1.54) is 54.6 Å². The summed E-state index contributed by atoms with van der Waals surface area (Å²) in [5, 5.41) is 10.1. The molecule has 1 aliphatic rings. The lowest BCUT2D eigenvalue weighted by Crippen LogP contribution is -2.43. The summed E-state index contributed by atoms with van der Waals surface area (Å²) in [5.74, 6) is 0. The minimum Gasteiger partial charge on any atom is -0.456 e. The van der Waals surface area contributed by atoms with Crippen LogP contribution in [0.3, 0.4) is 0 Å². The summed E-state index contributed by atoms with van der Waals surface area (Å²) in [6.45, 7) is 9.69. The first-order valence-corrected chi connectivity index (χ1v) is 17.6. The maximum absolute atomic E-state index is 6.38. The SMILES string of the molecule is CC1(C)c2ccc(N(c3ccccc3)c3ccc4c(c3)oc3ccccc34)cc2-c2cc3c4ccccc4c4ccccc4c3cc2C1(C)C. The number of rotatable bonds is 3. The Labute approximate surface area is 292 Å².